The fraction of sp³-hybridized carbons (Fsp3) is 0.565. The van der Waals surface area contributed by atoms with Gasteiger partial charge in [0, 0.05) is 36.3 Å². The van der Waals surface area contributed by atoms with Crippen molar-refractivity contribution in [1.29, 1.82) is 0 Å². The number of halogens is 1. The minimum Gasteiger partial charge on any atom is -0.481 e. The molecule has 202 valence electrons. The van der Waals surface area contributed by atoms with Gasteiger partial charge in [0.2, 0.25) is 0 Å². The summed E-state index contributed by atoms with van der Waals surface area (Å²) in [6, 6.07) is 7.95. The summed E-state index contributed by atoms with van der Waals surface area (Å²) in [4.78, 5) is 48.0. The molecule has 1 aromatic carbocycles. The van der Waals surface area contributed by atoms with E-state index < -0.39 is 36.4 Å². The van der Waals surface area contributed by atoms with E-state index in [4.69, 9.17) is 32.0 Å². The molecule has 1 heterocycles. The van der Waals surface area contributed by atoms with Crippen LogP contribution in [0.2, 0.25) is 5.02 Å². The summed E-state index contributed by atoms with van der Waals surface area (Å²) in [5.41, 5.74) is -2.74. The molecule has 2 amide bonds. The second-order valence-electron chi connectivity index (χ2n) is 8.14. The third-order valence-corrected chi connectivity index (χ3v) is 7.22. The maximum absolute atomic E-state index is 12.2. The standard InChI is InChI=1S/C17H26ClN3OS.C6H8O7/c1-3-20(4-2)12-10-19-17(22)21-11-9-14(13-21)23-16-8-6-5-7-15(16)18;7-3(8)1-6(13,5(11)12)2-4(9)10/h5-8,14H,3-4,9-13H2,1-2H3,(H,19,22);13H,1-2H2,(H,7,8)(H,9,10)(H,11,12). The van der Waals surface area contributed by atoms with Gasteiger partial charge < -0.3 is 35.5 Å². The van der Waals surface area contributed by atoms with Gasteiger partial charge in [0.25, 0.3) is 0 Å². The Bertz CT molecular complexity index is 884. The minimum absolute atomic E-state index is 0.0550. The molecule has 1 atom stereocenters. The molecule has 0 aromatic heterocycles. The number of amides is 2. The third-order valence-electron chi connectivity index (χ3n) is 5.45. The van der Waals surface area contributed by atoms with Crippen LogP contribution in [0.15, 0.2) is 29.2 Å². The van der Waals surface area contributed by atoms with Crippen LogP contribution in [0.4, 0.5) is 4.79 Å². The summed E-state index contributed by atoms with van der Waals surface area (Å²) in [6.07, 6.45) is -1.28. The van der Waals surface area contributed by atoms with Gasteiger partial charge in [-0.2, -0.15) is 0 Å². The maximum atomic E-state index is 12.2. The summed E-state index contributed by atoms with van der Waals surface area (Å²) < 4.78 is 0. The van der Waals surface area contributed by atoms with Crippen LogP contribution in [0.25, 0.3) is 0 Å². The van der Waals surface area contributed by atoms with Crippen molar-refractivity contribution in [3.05, 3.63) is 29.3 Å². The molecule has 1 saturated heterocycles. The van der Waals surface area contributed by atoms with Gasteiger partial charge in [0.1, 0.15) is 0 Å². The highest BCUT2D eigenvalue weighted by Crippen LogP contribution is 2.34. The van der Waals surface area contributed by atoms with Crippen molar-refractivity contribution >= 4 is 47.3 Å². The average Bonchev–Trinajstić information content (AvgIpc) is 3.26. The smallest absolute Gasteiger partial charge is 0.336 e. The predicted molar refractivity (Wildman–Crippen MR) is 136 cm³/mol. The van der Waals surface area contributed by atoms with Crippen LogP contribution < -0.4 is 5.32 Å². The molecule has 2 rings (SSSR count). The van der Waals surface area contributed by atoms with E-state index in [9.17, 15) is 19.2 Å². The first-order chi connectivity index (χ1) is 16.9. The number of thioether (sulfide) groups is 1. The molecule has 0 saturated carbocycles. The summed E-state index contributed by atoms with van der Waals surface area (Å²) >= 11 is 7.98. The Hall–Kier alpha value is -2.54. The first-order valence-electron chi connectivity index (χ1n) is 11.5. The van der Waals surface area contributed by atoms with Crippen LogP contribution in [0.1, 0.15) is 33.1 Å². The Kier molecular flexibility index (Phi) is 13.6. The van der Waals surface area contributed by atoms with Crippen LogP contribution in [0, 0.1) is 0 Å². The maximum Gasteiger partial charge on any atom is 0.336 e. The fourth-order valence-electron chi connectivity index (χ4n) is 3.42. The van der Waals surface area contributed by atoms with Gasteiger partial charge in [-0.15, -0.1) is 11.8 Å². The zero-order valence-corrected chi connectivity index (χ0v) is 21.9. The van der Waals surface area contributed by atoms with E-state index in [0.717, 1.165) is 49.1 Å². The fourth-order valence-corrected chi connectivity index (χ4v) is 4.86. The van der Waals surface area contributed by atoms with Crippen molar-refractivity contribution < 1.29 is 39.6 Å². The van der Waals surface area contributed by atoms with Gasteiger partial charge in [0.15, 0.2) is 5.60 Å². The molecule has 1 aliphatic heterocycles. The van der Waals surface area contributed by atoms with Crippen LogP contribution >= 0.6 is 23.4 Å². The van der Waals surface area contributed by atoms with E-state index in [1.165, 1.54) is 0 Å². The number of likely N-dealkylation sites (N-methyl/N-ethyl adjacent to an activating group) is 1. The van der Waals surface area contributed by atoms with Crippen LogP contribution in [0.5, 0.6) is 0 Å². The topological polar surface area (TPSA) is 168 Å². The number of carbonyl (C=O) groups is 4. The second kappa shape index (κ2) is 15.5. The lowest BCUT2D eigenvalue weighted by molar-refractivity contribution is -0.170. The van der Waals surface area contributed by atoms with Gasteiger partial charge in [-0.05, 0) is 31.6 Å². The van der Waals surface area contributed by atoms with Crippen molar-refractivity contribution in [3.63, 3.8) is 0 Å². The summed E-state index contributed by atoms with van der Waals surface area (Å²) in [5.74, 6) is -5.02. The molecule has 36 heavy (non-hydrogen) atoms. The Morgan fingerprint density at radius 3 is 2.19 bits per heavy atom. The van der Waals surface area contributed by atoms with E-state index in [1.54, 1.807) is 11.8 Å². The number of aliphatic carboxylic acids is 3. The third kappa shape index (κ3) is 11.0. The molecular weight excluding hydrogens is 514 g/mol. The molecule has 0 spiro atoms. The van der Waals surface area contributed by atoms with E-state index in [0.29, 0.717) is 11.8 Å². The number of rotatable bonds is 12. The lowest BCUT2D eigenvalue weighted by Crippen LogP contribution is -2.42. The van der Waals surface area contributed by atoms with Crippen molar-refractivity contribution in [3.8, 4) is 0 Å². The van der Waals surface area contributed by atoms with Crippen molar-refractivity contribution in [2.75, 3.05) is 39.3 Å². The number of carboxylic acid groups (broad SMARTS) is 3. The number of hydrogen-bond donors (Lipinski definition) is 5. The number of aliphatic hydroxyl groups is 1. The van der Waals surface area contributed by atoms with Gasteiger partial charge in [-0.3, -0.25) is 9.59 Å². The highest BCUT2D eigenvalue weighted by molar-refractivity contribution is 8.00. The SMILES string of the molecule is CCN(CC)CCNC(=O)N1CCC(Sc2ccccc2Cl)C1.O=C(O)CC(O)(CC(=O)O)C(=O)O. The number of urea groups is 1. The molecule has 0 radical (unpaired) electrons. The van der Waals surface area contributed by atoms with E-state index in [1.807, 2.05) is 29.2 Å². The highest BCUT2D eigenvalue weighted by Gasteiger charge is 2.40. The van der Waals surface area contributed by atoms with Crippen molar-refractivity contribution in [2.24, 2.45) is 0 Å². The number of benzene rings is 1. The van der Waals surface area contributed by atoms with E-state index >= 15 is 0 Å². The van der Waals surface area contributed by atoms with Crippen molar-refractivity contribution in [1.82, 2.24) is 15.1 Å². The number of carbonyl (C=O) groups excluding carboxylic acids is 1. The molecule has 1 unspecified atom stereocenters. The van der Waals surface area contributed by atoms with Gasteiger partial charge in [-0.25, -0.2) is 9.59 Å². The minimum atomic E-state index is -2.74. The molecule has 0 bridgehead atoms. The first kappa shape index (κ1) is 31.5. The summed E-state index contributed by atoms with van der Waals surface area (Å²) in [5, 5.41) is 38.1. The number of hydrogen-bond acceptors (Lipinski definition) is 7. The van der Waals surface area contributed by atoms with E-state index in [2.05, 4.69) is 24.1 Å². The quantitative estimate of drug-likeness (QED) is 0.262. The Labute approximate surface area is 219 Å². The number of nitrogens with zero attached hydrogens (tertiary/aromatic N) is 2. The van der Waals surface area contributed by atoms with Crippen molar-refractivity contribution in [2.45, 2.75) is 48.9 Å². The molecule has 0 aliphatic carbocycles. The Morgan fingerprint density at radius 1 is 1.11 bits per heavy atom. The average molecular weight is 548 g/mol. The Balaban J connectivity index is 0.000000426. The zero-order chi connectivity index (χ0) is 27.3. The summed E-state index contributed by atoms with van der Waals surface area (Å²) in [7, 11) is 0. The molecule has 1 fully saturated rings. The lowest BCUT2D eigenvalue weighted by Gasteiger charge is -2.21. The normalized spacial score (nSPS) is 15.2. The Morgan fingerprint density at radius 2 is 1.69 bits per heavy atom. The lowest BCUT2D eigenvalue weighted by atomic mass is 9.96. The molecule has 1 aliphatic rings. The molecule has 1 aromatic rings. The molecule has 11 nitrogen and oxygen atoms in total. The van der Waals surface area contributed by atoms with Gasteiger partial charge >= 0.3 is 23.9 Å². The number of nitrogens with one attached hydrogen (secondary N) is 1. The monoisotopic (exact) mass is 547 g/mol. The van der Waals surface area contributed by atoms with E-state index in [-0.39, 0.29) is 6.03 Å². The van der Waals surface area contributed by atoms with Crippen LogP contribution in [-0.2, 0) is 14.4 Å². The highest BCUT2D eigenvalue weighted by atomic mass is 35.5. The zero-order valence-electron chi connectivity index (χ0n) is 20.4. The van der Waals surface area contributed by atoms with Gasteiger partial charge in [-0.1, -0.05) is 37.6 Å². The largest absolute Gasteiger partial charge is 0.481 e. The predicted octanol–water partition coefficient (Wildman–Crippen LogP) is 2.31. The van der Waals surface area contributed by atoms with Crippen LogP contribution in [0.3, 0.4) is 0 Å². The molecule has 5 N–H and O–H groups in total. The van der Waals surface area contributed by atoms with Gasteiger partial charge in [0.05, 0.1) is 17.9 Å². The number of carboxylic acids is 3. The first-order valence-corrected chi connectivity index (χ1v) is 12.7. The number of likely N-dealkylation sites (tertiary alicyclic amines) is 1. The second-order valence-corrected chi connectivity index (χ2v) is 9.89. The molecule has 13 heteroatoms. The summed E-state index contributed by atoms with van der Waals surface area (Å²) in [6.45, 7) is 9.54. The van der Waals surface area contributed by atoms with Crippen LogP contribution in [-0.4, -0.2) is 104 Å². The molecular formula is C23H34ClN3O8S.